The molecule has 102 valence electrons. The summed E-state index contributed by atoms with van der Waals surface area (Å²) in [5.74, 6) is 1.03. The monoisotopic (exact) mass is 270 g/mol. The van der Waals surface area contributed by atoms with E-state index < -0.39 is 0 Å². The molecule has 3 aromatic rings. The van der Waals surface area contributed by atoms with Crippen LogP contribution in [0.25, 0.3) is 11.6 Å². The zero-order valence-electron chi connectivity index (χ0n) is 10.8. The Balaban J connectivity index is 1.76. The van der Waals surface area contributed by atoms with Gasteiger partial charge in [0.15, 0.2) is 5.82 Å². The van der Waals surface area contributed by atoms with E-state index in [-0.39, 0.29) is 0 Å². The van der Waals surface area contributed by atoms with Gasteiger partial charge in [-0.3, -0.25) is 4.98 Å². The van der Waals surface area contributed by atoms with Gasteiger partial charge in [-0.1, -0.05) is 11.2 Å². The Labute approximate surface area is 115 Å². The number of hydrogen-bond acceptors (Lipinski definition) is 6. The molecule has 0 aromatic carbocycles. The fraction of sp³-hybridized carbons (Fsp3) is 0.231. The van der Waals surface area contributed by atoms with Crippen molar-refractivity contribution in [2.75, 3.05) is 6.54 Å². The summed E-state index contributed by atoms with van der Waals surface area (Å²) in [6.45, 7) is 1.27. The van der Waals surface area contributed by atoms with Gasteiger partial charge in [-0.2, -0.15) is 4.98 Å². The molecule has 3 heterocycles. The molecule has 3 aromatic heterocycles. The molecule has 2 N–H and O–H groups in total. The number of imidazole rings is 1. The summed E-state index contributed by atoms with van der Waals surface area (Å²) in [6, 6.07) is 3.85. The molecular weight excluding hydrogens is 256 g/mol. The van der Waals surface area contributed by atoms with Gasteiger partial charge < -0.3 is 14.8 Å². The van der Waals surface area contributed by atoms with Crippen molar-refractivity contribution in [2.45, 2.75) is 13.0 Å². The van der Waals surface area contributed by atoms with Crippen LogP contribution in [-0.4, -0.2) is 31.2 Å². The smallest absolute Gasteiger partial charge is 0.278 e. The molecule has 3 rings (SSSR count). The standard InChI is InChI=1S/C13H14N6O/c14-3-5-19-8-11(16-9-19)13-17-12(18-20-13)6-10-2-1-4-15-7-10/h1-2,4,7-9H,3,5-6,14H2. The first-order valence-corrected chi connectivity index (χ1v) is 6.29. The molecule has 0 atom stereocenters. The lowest BCUT2D eigenvalue weighted by Crippen LogP contribution is -2.07. The molecule has 0 amide bonds. The first-order valence-electron chi connectivity index (χ1n) is 6.29. The highest BCUT2D eigenvalue weighted by atomic mass is 16.5. The van der Waals surface area contributed by atoms with Crippen LogP contribution in [0.3, 0.4) is 0 Å². The third-order valence-electron chi connectivity index (χ3n) is 2.79. The molecule has 0 spiro atoms. The first kappa shape index (κ1) is 12.5. The average Bonchev–Trinajstić information content (AvgIpc) is 3.10. The van der Waals surface area contributed by atoms with Gasteiger partial charge in [-0.05, 0) is 11.6 Å². The zero-order valence-corrected chi connectivity index (χ0v) is 10.8. The van der Waals surface area contributed by atoms with Gasteiger partial charge in [0.2, 0.25) is 0 Å². The molecule has 0 aliphatic heterocycles. The maximum Gasteiger partial charge on any atom is 0.278 e. The molecule has 0 saturated carbocycles. The zero-order chi connectivity index (χ0) is 13.8. The summed E-state index contributed by atoms with van der Waals surface area (Å²) >= 11 is 0. The minimum absolute atomic E-state index is 0.416. The lowest BCUT2D eigenvalue weighted by Gasteiger charge is -1.94. The minimum atomic E-state index is 0.416. The molecule has 0 radical (unpaired) electrons. The van der Waals surface area contributed by atoms with Crippen molar-refractivity contribution in [3.05, 3.63) is 48.4 Å². The average molecular weight is 270 g/mol. The van der Waals surface area contributed by atoms with Crippen molar-refractivity contribution in [3.8, 4) is 11.6 Å². The van der Waals surface area contributed by atoms with E-state index >= 15 is 0 Å². The molecule has 0 unspecified atom stereocenters. The summed E-state index contributed by atoms with van der Waals surface area (Å²) in [4.78, 5) is 12.6. The van der Waals surface area contributed by atoms with Gasteiger partial charge >= 0.3 is 0 Å². The van der Waals surface area contributed by atoms with Gasteiger partial charge in [-0.25, -0.2) is 4.98 Å². The lowest BCUT2D eigenvalue weighted by molar-refractivity contribution is 0.423. The predicted octanol–water partition coefficient (Wildman–Crippen LogP) is 0.878. The second kappa shape index (κ2) is 5.62. The second-order valence-electron chi connectivity index (χ2n) is 4.34. The molecular formula is C13H14N6O. The summed E-state index contributed by atoms with van der Waals surface area (Å²) in [6.07, 6.45) is 7.64. The summed E-state index contributed by atoms with van der Waals surface area (Å²) in [5.41, 5.74) is 7.18. The van der Waals surface area contributed by atoms with Crippen molar-refractivity contribution in [3.63, 3.8) is 0 Å². The maximum absolute atomic E-state index is 5.49. The largest absolute Gasteiger partial charge is 0.335 e. The van der Waals surface area contributed by atoms with E-state index in [0.29, 0.717) is 36.9 Å². The van der Waals surface area contributed by atoms with E-state index in [1.54, 1.807) is 18.7 Å². The SMILES string of the molecule is NCCn1cnc(-c2nc(Cc3cccnc3)no2)c1. The Morgan fingerprint density at radius 2 is 2.30 bits per heavy atom. The Morgan fingerprint density at radius 3 is 3.10 bits per heavy atom. The van der Waals surface area contributed by atoms with Gasteiger partial charge in [0.1, 0.15) is 5.69 Å². The quantitative estimate of drug-likeness (QED) is 0.739. The Bertz CT molecular complexity index is 675. The van der Waals surface area contributed by atoms with Crippen molar-refractivity contribution >= 4 is 0 Å². The normalized spacial score (nSPS) is 10.8. The Kier molecular flexibility index (Phi) is 3.51. The van der Waals surface area contributed by atoms with Crippen LogP contribution in [0.5, 0.6) is 0 Å². The number of pyridine rings is 1. The Hall–Kier alpha value is -2.54. The third kappa shape index (κ3) is 2.72. The second-order valence-corrected chi connectivity index (χ2v) is 4.34. The van der Waals surface area contributed by atoms with Crippen molar-refractivity contribution in [2.24, 2.45) is 5.73 Å². The first-order chi connectivity index (χ1) is 9.85. The molecule has 7 heteroatoms. The van der Waals surface area contributed by atoms with Gasteiger partial charge in [0.05, 0.1) is 6.33 Å². The van der Waals surface area contributed by atoms with Crippen LogP contribution in [0.1, 0.15) is 11.4 Å². The minimum Gasteiger partial charge on any atom is -0.335 e. The number of nitrogens with zero attached hydrogens (tertiary/aromatic N) is 5. The number of hydrogen-bond donors (Lipinski definition) is 1. The summed E-state index contributed by atoms with van der Waals surface area (Å²) < 4.78 is 7.11. The van der Waals surface area contributed by atoms with Crippen molar-refractivity contribution < 1.29 is 4.52 Å². The fourth-order valence-corrected chi connectivity index (χ4v) is 1.86. The molecule has 0 fully saturated rings. The molecule has 0 saturated heterocycles. The number of rotatable bonds is 5. The predicted molar refractivity (Wildman–Crippen MR) is 71.6 cm³/mol. The van der Waals surface area contributed by atoms with E-state index in [2.05, 4.69) is 20.1 Å². The highest BCUT2D eigenvalue weighted by Crippen LogP contribution is 2.15. The van der Waals surface area contributed by atoms with Crippen LogP contribution < -0.4 is 5.73 Å². The van der Waals surface area contributed by atoms with Crippen LogP contribution in [-0.2, 0) is 13.0 Å². The third-order valence-corrected chi connectivity index (χ3v) is 2.79. The lowest BCUT2D eigenvalue weighted by atomic mass is 10.2. The number of aromatic nitrogens is 5. The highest BCUT2D eigenvalue weighted by molar-refractivity contribution is 5.44. The molecule has 0 aliphatic rings. The van der Waals surface area contributed by atoms with E-state index in [0.717, 1.165) is 5.56 Å². The topological polar surface area (TPSA) is 95.7 Å². The van der Waals surface area contributed by atoms with Gasteiger partial charge in [0, 0.05) is 38.1 Å². The van der Waals surface area contributed by atoms with Gasteiger partial charge in [-0.15, -0.1) is 0 Å². The van der Waals surface area contributed by atoms with Crippen molar-refractivity contribution in [1.82, 2.24) is 24.7 Å². The summed E-state index contributed by atoms with van der Waals surface area (Å²) in [7, 11) is 0. The summed E-state index contributed by atoms with van der Waals surface area (Å²) in [5, 5.41) is 3.96. The van der Waals surface area contributed by atoms with Gasteiger partial charge in [0.25, 0.3) is 5.89 Å². The van der Waals surface area contributed by atoms with E-state index in [1.807, 2.05) is 22.9 Å². The molecule has 0 bridgehead atoms. The maximum atomic E-state index is 5.49. The fourth-order valence-electron chi connectivity index (χ4n) is 1.86. The van der Waals surface area contributed by atoms with Crippen LogP contribution in [0.15, 0.2) is 41.6 Å². The molecule has 20 heavy (non-hydrogen) atoms. The van der Waals surface area contributed by atoms with Crippen LogP contribution in [0.2, 0.25) is 0 Å². The van der Waals surface area contributed by atoms with Crippen molar-refractivity contribution in [1.29, 1.82) is 0 Å². The molecule has 7 nitrogen and oxygen atoms in total. The Morgan fingerprint density at radius 1 is 1.35 bits per heavy atom. The van der Waals surface area contributed by atoms with Crippen LogP contribution in [0.4, 0.5) is 0 Å². The number of nitrogens with two attached hydrogens (primary N) is 1. The van der Waals surface area contributed by atoms with E-state index in [9.17, 15) is 0 Å². The van der Waals surface area contributed by atoms with Crippen LogP contribution >= 0.6 is 0 Å². The highest BCUT2D eigenvalue weighted by Gasteiger charge is 2.11. The van der Waals surface area contributed by atoms with E-state index in [1.165, 1.54) is 0 Å². The molecule has 0 aliphatic carbocycles. The van der Waals surface area contributed by atoms with E-state index in [4.69, 9.17) is 10.3 Å². The van der Waals surface area contributed by atoms with Crippen LogP contribution in [0, 0.1) is 0 Å².